The summed E-state index contributed by atoms with van der Waals surface area (Å²) in [5, 5.41) is 9.25. The van der Waals surface area contributed by atoms with Crippen LogP contribution < -0.4 is 0 Å². The molecule has 3 nitrogen and oxygen atoms in total. The molecule has 0 atom stereocenters. The topological polar surface area (TPSA) is 46.0 Å². The lowest BCUT2D eigenvalue weighted by molar-refractivity contribution is 0.475. The molecule has 0 bridgehead atoms. The number of nitrogens with zero attached hydrogens (tertiary/aromatic N) is 2. The van der Waals surface area contributed by atoms with Gasteiger partial charge >= 0.3 is 0 Å². The van der Waals surface area contributed by atoms with Gasteiger partial charge in [0, 0.05) is 12.4 Å². The molecule has 0 fully saturated rings. The van der Waals surface area contributed by atoms with Gasteiger partial charge in [-0.15, -0.1) is 0 Å². The number of aromatic hydroxyl groups is 1. The Morgan fingerprint density at radius 1 is 1.13 bits per heavy atom. The average molecular weight is 198 g/mol. The third-order valence-corrected chi connectivity index (χ3v) is 1.90. The van der Waals surface area contributed by atoms with Crippen LogP contribution in [-0.4, -0.2) is 15.1 Å². The van der Waals surface area contributed by atoms with Gasteiger partial charge in [-0.05, 0) is 23.8 Å². The molecule has 2 aromatic rings. The quantitative estimate of drug-likeness (QED) is 0.805. The summed E-state index contributed by atoms with van der Waals surface area (Å²) in [6.45, 7) is 0. The molecule has 0 spiro atoms. The Bertz CT molecular complexity index is 466. The molecule has 3 heteroatoms. The van der Waals surface area contributed by atoms with Gasteiger partial charge in [0.25, 0.3) is 0 Å². The Morgan fingerprint density at radius 2 is 2.07 bits per heavy atom. The van der Waals surface area contributed by atoms with Crippen LogP contribution >= 0.6 is 0 Å². The molecule has 0 aliphatic carbocycles. The fourth-order valence-corrected chi connectivity index (χ4v) is 1.21. The lowest BCUT2D eigenvalue weighted by Crippen LogP contribution is -1.80. The molecular weight excluding hydrogens is 188 g/mol. The number of rotatable bonds is 2. The minimum Gasteiger partial charge on any atom is -0.508 e. The van der Waals surface area contributed by atoms with Gasteiger partial charge in [0.15, 0.2) is 0 Å². The van der Waals surface area contributed by atoms with Crippen LogP contribution in [0.4, 0.5) is 0 Å². The Hall–Kier alpha value is -2.16. The summed E-state index contributed by atoms with van der Waals surface area (Å²) in [5.41, 5.74) is 1.72. The van der Waals surface area contributed by atoms with E-state index in [2.05, 4.69) is 9.97 Å². The van der Waals surface area contributed by atoms with Crippen LogP contribution in [0.2, 0.25) is 0 Å². The third kappa shape index (κ3) is 2.64. The number of hydrogen-bond donors (Lipinski definition) is 1. The summed E-state index contributed by atoms with van der Waals surface area (Å²) in [7, 11) is 0. The van der Waals surface area contributed by atoms with E-state index in [1.165, 1.54) is 0 Å². The number of aromatic nitrogens is 2. The van der Waals surface area contributed by atoms with Crippen molar-refractivity contribution in [3.05, 3.63) is 54.1 Å². The Morgan fingerprint density at radius 3 is 2.80 bits per heavy atom. The van der Waals surface area contributed by atoms with Crippen LogP contribution in [-0.2, 0) is 0 Å². The number of benzene rings is 1. The zero-order chi connectivity index (χ0) is 10.5. The first-order chi connectivity index (χ1) is 7.34. The van der Waals surface area contributed by atoms with Gasteiger partial charge in [-0.2, -0.15) is 0 Å². The standard InChI is InChI=1S/C12H10N2O/c15-12-3-1-2-10(8-12)4-5-11-9-13-6-7-14-11/h1-9,15H/b5-4+. The van der Waals surface area contributed by atoms with Crippen molar-refractivity contribution in [1.82, 2.24) is 9.97 Å². The maximum atomic E-state index is 9.25. The van der Waals surface area contributed by atoms with Crippen molar-refractivity contribution < 1.29 is 5.11 Å². The van der Waals surface area contributed by atoms with E-state index in [-0.39, 0.29) is 5.75 Å². The number of phenols is 1. The van der Waals surface area contributed by atoms with Crippen molar-refractivity contribution in [2.24, 2.45) is 0 Å². The monoisotopic (exact) mass is 198 g/mol. The summed E-state index contributed by atoms with van der Waals surface area (Å²) in [4.78, 5) is 8.06. The van der Waals surface area contributed by atoms with Crippen molar-refractivity contribution in [3.8, 4) is 5.75 Å². The number of hydrogen-bond acceptors (Lipinski definition) is 3. The van der Waals surface area contributed by atoms with Gasteiger partial charge in [-0.25, -0.2) is 0 Å². The van der Waals surface area contributed by atoms with Crippen LogP contribution in [0.25, 0.3) is 12.2 Å². The van der Waals surface area contributed by atoms with Gasteiger partial charge < -0.3 is 5.11 Å². The second kappa shape index (κ2) is 4.37. The van der Waals surface area contributed by atoms with E-state index in [4.69, 9.17) is 0 Å². The summed E-state index contributed by atoms with van der Waals surface area (Å²) >= 11 is 0. The second-order valence-corrected chi connectivity index (χ2v) is 3.06. The van der Waals surface area contributed by atoms with Crippen molar-refractivity contribution in [2.45, 2.75) is 0 Å². The Labute approximate surface area is 87.8 Å². The predicted molar refractivity (Wildman–Crippen MR) is 59.1 cm³/mol. The van der Waals surface area contributed by atoms with E-state index in [1.54, 1.807) is 36.8 Å². The lowest BCUT2D eigenvalue weighted by atomic mass is 10.2. The van der Waals surface area contributed by atoms with E-state index >= 15 is 0 Å². The SMILES string of the molecule is Oc1cccc(/C=C/c2cnccn2)c1. The van der Waals surface area contributed by atoms with Gasteiger partial charge in [0.1, 0.15) is 5.75 Å². The fraction of sp³-hybridized carbons (Fsp3) is 0. The molecule has 0 amide bonds. The minimum atomic E-state index is 0.260. The zero-order valence-corrected chi connectivity index (χ0v) is 8.04. The van der Waals surface area contributed by atoms with Crippen molar-refractivity contribution >= 4 is 12.2 Å². The highest BCUT2D eigenvalue weighted by atomic mass is 16.3. The van der Waals surface area contributed by atoms with Gasteiger partial charge in [0.05, 0.1) is 11.9 Å². The summed E-state index contributed by atoms with van der Waals surface area (Å²) in [6.07, 6.45) is 8.68. The van der Waals surface area contributed by atoms with E-state index in [9.17, 15) is 5.11 Å². The maximum Gasteiger partial charge on any atom is 0.116 e. The summed E-state index contributed by atoms with van der Waals surface area (Å²) < 4.78 is 0. The van der Waals surface area contributed by atoms with Crippen LogP contribution in [0.5, 0.6) is 5.75 Å². The van der Waals surface area contributed by atoms with Crippen LogP contribution in [0.1, 0.15) is 11.3 Å². The van der Waals surface area contributed by atoms with E-state index < -0.39 is 0 Å². The van der Waals surface area contributed by atoms with Crippen LogP contribution in [0, 0.1) is 0 Å². The summed E-state index contributed by atoms with van der Waals surface area (Å²) in [5.74, 6) is 0.260. The molecule has 1 aromatic heterocycles. The lowest BCUT2D eigenvalue weighted by Gasteiger charge is -1.94. The van der Waals surface area contributed by atoms with Crippen LogP contribution in [0.15, 0.2) is 42.9 Å². The van der Waals surface area contributed by atoms with Gasteiger partial charge in [0.2, 0.25) is 0 Å². The Balaban J connectivity index is 2.19. The van der Waals surface area contributed by atoms with Crippen molar-refractivity contribution in [2.75, 3.05) is 0 Å². The molecule has 0 radical (unpaired) electrons. The second-order valence-electron chi connectivity index (χ2n) is 3.06. The molecule has 2 rings (SSSR count). The molecule has 0 unspecified atom stereocenters. The van der Waals surface area contributed by atoms with Gasteiger partial charge in [-0.3, -0.25) is 9.97 Å². The molecular formula is C12H10N2O. The molecule has 0 saturated carbocycles. The highest BCUT2D eigenvalue weighted by Gasteiger charge is 1.90. The molecule has 0 aliphatic rings. The minimum absolute atomic E-state index is 0.260. The molecule has 1 aromatic carbocycles. The normalized spacial score (nSPS) is 10.7. The zero-order valence-electron chi connectivity index (χ0n) is 8.04. The van der Waals surface area contributed by atoms with Crippen molar-refractivity contribution in [3.63, 3.8) is 0 Å². The first-order valence-electron chi connectivity index (χ1n) is 4.58. The predicted octanol–water partition coefficient (Wildman–Crippen LogP) is 2.35. The molecule has 0 saturated heterocycles. The maximum absolute atomic E-state index is 9.25. The van der Waals surface area contributed by atoms with Crippen LogP contribution in [0.3, 0.4) is 0 Å². The first kappa shape index (κ1) is 9.40. The Kier molecular flexibility index (Phi) is 2.74. The molecule has 1 heterocycles. The molecule has 1 N–H and O–H groups in total. The van der Waals surface area contributed by atoms with Gasteiger partial charge in [-0.1, -0.05) is 18.2 Å². The van der Waals surface area contributed by atoms with Crippen molar-refractivity contribution in [1.29, 1.82) is 0 Å². The third-order valence-electron chi connectivity index (χ3n) is 1.90. The highest BCUT2D eigenvalue weighted by molar-refractivity contribution is 5.68. The molecule has 15 heavy (non-hydrogen) atoms. The number of phenolic OH excluding ortho intramolecular Hbond substituents is 1. The average Bonchev–Trinajstić information content (AvgIpc) is 2.28. The summed E-state index contributed by atoms with van der Waals surface area (Å²) in [6, 6.07) is 7.03. The highest BCUT2D eigenvalue weighted by Crippen LogP contribution is 2.13. The van der Waals surface area contributed by atoms with E-state index in [1.807, 2.05) is 18.2 Å². The largest absolute Gasteiger partial charge is 0.508 e. The van der Waals surface area contributed by atoms with E-state index in [0.717, 1.165) is 11.3 Å². The smallest absolute Gasteiger partial charge is 0.116 e. The first-order valence-corrected chi connectivity index (χ1v) is 4.58. The fourth-order valence-electron chi connectivity index (χ4n) is 1.21. The molecule has 74 valence electrons. The molecule has 0 aliphatic heterocycles. The van der Waals surface area contributed by atoms with E-state index in [0.29, 0.717) is 0 Å².